The molecule has 0 aromatic carbocycles. The van der Waals surface area contributed by atoms with Crippen molar-refractivity contribution in [2.45, 2.75) is 6.42 Å². The standard InChI is InChI=1S/C12H12N2O2/c15-9-6-12-10(4-3-8-14(12)16)11-5-1-2-7-13-11/h1-5,7-8,15H,6,9H2. The predicted molar refractivity (Wildman–Crippen MR) is 59.4 cm³/mol. The number of hydrogen-bond acceptors (Lipinski definition) is 3. The van der Waals surface area contributed by atoms with E-state index in [4.69, 9.17) is 5.11 Å². The number of aliphatic hydroxyl groups is 1. The molecule has 0 amide bonds. The SMILES string of the molecule is [O-][n+]1cccc(-c2ccccn2)c1CCO. The lowest BCUT2D eigenvalue weighted by Crippen LogP contribution is -2.32. The van der Waals surface area contributed by atoms with Gasteiger partial charge in [0.25, 0.3) is 0 Å². The summed E-state index contributed by atoms with van der Waals surface area (Å²) in [6, 6.07) is 9.05. The molecule has 2 aromatic rings. The van der Waals surface area contributed by atoms with Crippen LogP contribution in [-0.4, -0.2) is 16.7 Å². The van der Waals surface area contributed by atoms with E-state index >= 15 is 0 Å². The van der Waals surface area contributed by atoms with Crippen LogP contribution in [0.5, 0.6) is 0 Å². The zero-order chi connectivity index (χ0) is 11.4. The molecular weight excluding hydrogens is 204 g/mol. The second-order valence-corrected chi connectivity index (χ2v) is 3.38. The number of aromatic nitrogens is 2. The molecule has 4 heteroatoms. The van der Waals surface area contributed by atoms with Crippen molar-refractivity contribution in [1.29, 1.82) is 0 Å². The van der Waals surface area contributed by atoms with Crippen LogP contribution in [0.1, 0.15) is 5.69 Å². The molecule has 0 unspecified atom stereocenters. The van der Waals surface area contributed by atoms with Crippen molar-refractivity contribution < 1.29 is 9.84 Å². The zero-order valence-corrected chi connectivity index (χ0v) is 8.71. The molecule has 0 aliphatic carbocycles. The van der Waals surface area contributed by atoms with E-state index in [1.807, 2.05) is 24.3 Å². The Morgan fingerprint density at radius 2 is 2.12 bits per heavy atom. The van der Waals surface area contributed by atoms with E-state index in [-0.39, 0.29) is 6.61 Å². The third-order valence-corrected chi connectivity index (χ3v) is 2.35. The third kappa shape index (κ3) is 2.01. The average molecular weight is 216 g/mol. The van der Waals surface area contributed by atoms with Crippen LogP contribution in [-0.2, 0) is 6.42 Å². The van der Waals surface area contributed by atoms with Crippen LogP contribution in [0.15, 0.2) is 42.7 Å². The normalized spacial score (nSPS) is 10.3. The van der Waals surface area contributed by atoms with Gasteiger partial charge in [0.15, 0.2) is 6.20 Å². The second kappa shape index (κ2) is 4.72. The summed E-state index contributed by atoms with van der Waals surface area (Å²) >= 11 is 0. The Bertz CT molecular complexity index is 472. The van der Waals surface area contributed by atoms with E-state index in [0.29, 0.717) is 12.1 Å². The molecule has 0 saturated carbocycles. The minimum Gasteiger partial charge on any atom is -0.618 e. The van der Waals surface area contributed by atoms with E-state index in [2.05, 4.69) is 4.98 Å². The maximum Gasteiger partial charge on any atom is 0.204 e. The van der Waals surface area contributed by atoms with Crippen molar-refractivity contribution in [2.24, 2.45) is 0 Å². The van der Waals surface area contributed by atoms with E-state index in [1.165, 1.54) is 6.20 Å². The first-order valence-electron chi connectivity index (χ1n) is 5.06. The summed E-state index contributed by atoms with van der Waals surface area (Å²) in [5, 5.41) is 20.5. The average Bonchev–Trinajstić information content (AvgIpc) is 2.33. The van der Waals surface area contributed by atoms with E-state index in [1.54, 1.807) is 12.3 Å². The lowest BCUT2D eigenvalue weighted by Gasteiger charge is -2.08. The lowest BCUT2D eigenvalue weighted by atomic mass is 10.1. The highest BCUT2D eigenvalue weighted by Gasteiger charge is 2.13. The van der Waals surface area contributed by atoms with Crippen LogP contribution >= 0.6 is 0 Å². The molecule has 4 nitrogen and oxygen atoms in total. The van der Waals surface area contributed by atoms with Gasteiger partial charge in [0.1, 0.15) is 0 Å². The summed E-state index contributed by atoms with van der Waals surface area (Å²) in [5.41, 5.74) is 2.06. The number of pyridine rings is 2. The first-order chi connectivity index (χ1) is 7.83. The van der Waals surface area contributed by atoms with Crippen molar-refractivity contribution >= 4 is 0 Å². The minimum absolute atomic E-state index is 0.0495. The Balaban J connectivity index is 2.52. The second-order valence-electron chi connectivity index (χ2n) is 3.38. The van der Waals surface area contributed by atoms with Gasteiger partial charge in [0, 0.05) is 12.3 Å². The monoisotopic (exact) mass is 216 g/mol. The summed E-state index contributed by atoms with van der Waals surface area (Å²) in [6.07, 6.45) is 3.44. The molecule has 0 spiro atoms. The molecule has 0 bridgehead atoms. The molecule has 2 heterocycles. The summed E-state index contributed by atoms with van der Waals surface area (Å²) in [7, 11) is 0. The van der Waals surface area contributed by atoms with Crippen LogP contribution in [0.3, 0.4) is 0 Å². The van der Waals surface area contributed by atoms with Gasteiger partial charge in [-0.2, -0.15) is 4.73 Å². The fraction of sp³-hybridized carbons (Fsp3) is 0.167. The predicted octanol–water partition coefficient (Wildman–Crippen LogP) is 0.917. The summed E-state index contributed by atoms with van der Waals surface area (Å²) < 4.78 is 0.778. The minimum atomic E-state index is -0.0495. The van der Waals surface area contributed by atoms with Gasteiger partial charge >= 0.3 is 0 Å². The Hall–Kier alpha value is -1.94. The van der Waals surface area contributed by atoms with Crippen LogP contribution < -0.4 is 4.73 Å². The third-order valence-electron chi connectivity index (χ3n) is 2.35. The fourth-order valence-corrected chi connectivity index (χ4v) is 1.63. The Labute approximate surface area is 93.4 Å². The van der Waals surface area contributed by atoms with Crippen molar-refractivity contribution in [2.75, 3.05) is 6.61 Å². The van der Waals surface area contributed by atoms with Gasteiger partial charge in [-0.3, -0.25) is 4.98 Å². The first kappa shape index (κ1) is 10.6. The number of aliphatic hydroxyl groups excluding tert-OH is 1. The molecule has 2 aromatic heterocycles. The van der Waals surface area contributed by atoms with Gasteiger partial charge in [-0.15, -0.1) is 0 Å². The zero-order valence-electron chi connectivity index (χ0n) is 8.71. The number of rotatable bonds is 3. The van der Waals surface area contributed by atoms with Crippen LogP contribution in [0.2, 0.25) is 0 Å². The van der Waals surface area contributed by atoms with Crippen LogP contribution in [0, 0.1) is 5.21 Å². The smallest absolute Gasteiger partial charge is 0.204 e. The Kier molecular flexibility index (Phi) is 3.12. The van der Waals surface area contributed by atoms with Gasteiger partial charge in [0.2, 0.25) is 5.69 Å². The van der Waals surface area contributed by atoms with Gasteiger partial charge in [0.05, 0.1) is 24.3 Å². The molecule has 82 valence electrons. The maximum atomic E-state index is 11.6. The Morgan fingerprint density at radius 1 is 1.25 bits per heavy atom. The van der Waals surface area contributed by atoms with Crippen LogP contribution in [0.4, 0.5) is 0 Å². The molecule has 0 atom stereocenters. The molecule has 1 N–H and O–H groups in total. The van der Waals surface area contributed by atoms with Gasteiger partial charge in [-0.05, 0) is 18.2 Å². The van der Waals surface area contributed by atoms with E-state index < -0.39 is 0 Å². The summed E-state index contributed by atoms with van der Waals surface area (Å²) in [5.74, 6) is 0. The first-order valence-corrected chi connectivity index (χ1v) is 5.06. The van der Waals surface area contributed by atoms with E-state index in [0.717, 1.165) is 16.0 Å². The number of nitrogens with zero attached hydrogens (tertiary/aromatic N) is 2. The van der Waals surface area contributed by atoms with Crippen molar-refractivity contribution in [1.82, 2.24) is 4.98 Å². The summed E-state index contributed by atoms with van der Waals surface area (Å²) in [6.45, 7) is -0.0495. The van der Waals surface area contributed by atoms with Gasteiger partial charge in [-0.1, -0.05) is 6.07 Å². The molecule has 0 aliphatic rings. The highest BCUT2D eigenvalue weighted by Crippen LogP contribution is 2.18. The molecular formula is C12H12N2O2. The highest BCUT2D eigenvalue weighted by atomic mass is 16.5. The topological polar surface area (TPSA) is 60.1 Å². The van der Waals surface area contributed by atoms with Crippen molar-refractivity contribution in [3.05, 3.63) is 53.6 Å². The molecule has 0 fully saturated rings. The molecule has 16 heavy (non-hydrogen) atoms. The van der Waals surface area contributed by atoms with E-state index in [9.17, 15) is 5.21 Å². The number of hydrogen-bond donors (Lipinski definition) is 1. The highest BCUT2D eigenvalue weighted by molar-refractivity contribution is 5.60. The largest absolute Gasteiger partial charge is 0.618 e. The molecule has 0 radical (unpaired) electrons. The van der Waals surface area contributed by atoms with Gasteiger partial charge in [-0.25, -0.2) is 0 Å². The summed E-state index contributed by atoms with van der Waals surface area (Å²) in [4.78, 5) is 4.20. The molecule has 0 saturated heterocycles. The van der Waals surface area contributed by atoms with Crippen molar-refractivity contribution in [3.63, 3.8) is 0 Å². The van der Waals surface area contributed by atoms with Crippen LogP contribution in [0.25, 0.3) is 11.3 Å². The lowest BCUT2D eigenvalue weighted by molar-refractivity contribution is -0.613. The van der Waals surface area contributed by atoms with Gasteiger partial charge < -0.3 is 10.3 Å². The van der Waals surface area contributed by atoms with Crippen molar-refractivity contribution in [3.8, 4) is 11.3 Å². The quantitative estimate of drug-likeness (QED) is 0.613. The molecule has 2 rings (SSSR count). The maximum absolute atomic E-state index is 11.6. The Morgan fingerprint density at radius 3 is 2.81 bits per heavy atom. The fourth-order valence-electron chi connectivity index (χ4n) is 1.63. The molecule has 0 aliphatic heterocycles.